The van der Waals surface area contributed by atoms with E-state index in [0.717, 1.165) is 32.2 Å². The van der Waals surface area contributed by atoms with E-state index in [0.29, 0.717) is 12.5 Å². The lowest BCUT2D eigenvalue weighted by Crippen LogP contribution is -2.56. The van der Waals surface area contributed by atoms with Gasteiger partial charge in [-0.25, -0.2) is 0 Å². The third-order valence-electron chi connectivity index (χ3n) is 5.27. The van der Waals surface area contributed by atoms with Crippen LogP contribution in [-0.4, -0.2) is 55.7 Å². The summed E-state index contributed by atoms with van der Waals surface area (Å²) in [7, 11) is 1.98. The molecule has 2 N–H and O–H groups in total. The molecule has 24 heavy (non-hydrogen) atoms. The van der Waals surface area contributed by atoms with Crippen molar-refractivity contribution in [3.63, 3.8) is 0 Å². The van der Waals surface area contributed by atoms with Crippen LogP contribution in [0, 0.1) is 11.8 Å². The van der Waals surface area contributed by atoms with E-state index in [9.17, 15) is 9.59 Å². The average molecular weight is 339 g/mol. The minimum Gasteiger partial charge on any atom is -0.361 e. The zero-order chi connectivity index (χ0) is 17.5. The molecule has 6 heteroatoms. The van der Waals surface area contributed by atoms with Gasteiger partial charge >= 0.3 is 0 Å². The predicted octanol–water partition coefficient (Wildman–Crippen LogP) is 1.50. The van der Waals surface area contributed by atoms with Crippen molar-refractivity contribution in [2.24, 2.45) is 11.8 Å². The van der Waals surface area contributed by atoms with E-state index in [1.807, 2.05) is 20.9 Å². The van der Waals surface area contributed by atoms with E-state index in [1.165, 1.54) is 12.8 Å². The lowest BCUT2D eigenvalue weighted by atomic mass is 9.96. The van der Waals surface area contributed by atoms with Crippen LogP contribution >= 0.6 is 0 Å². The number of hydrogen-bond acceptors (Lipinski definition) is 4. The summed E-state index contributed by atoms with van der Waals surface area (Å²) in [6, 6.07) is -0.619. The normalized spacial score (nSPS) is 24.2. The second-order valence-corrected chi connectivity index (χ2v) is 7.36. The standard InChI is InChI=1S/C18H33N3O3/c1-4-13(2)16(18(23)19-12-24-11-14-8-9-14)20-17(22)15-7-5-6-10-21(15)3/h13-16H,4-12H2,1-3H3,(H,19,23)(H,20,22). The Morgan fingerprint density at radius 3 is 2.62 bits per heavy atom. The van der Waals surface area contributed by atoms with Crippen LogP contribution in [0.3, 0.4) is 0 Å². The van der Waals surface area contributed by atoms with E-state index in [1.54, 1.807) is 0 Å². The van der Waals surface area contributed by atoms with Gasteiger partial charge in [-0.1, -0.05) is 26.7 Å². The second-order valence-electron chi connectivity index (χ2n) is 7.36. The lowest BCUT2D eigenvalue weighted by Gasteiger charge is -2.33. The van der Waals surface area contributed by atoms with Crippen LogP contribution < -0.4 is 10.6 Å². The van der Waals surface area contributed by atoms with E-state index >= 15 is 0 Å². The molecule has 0 radical (unpaired) electrons. The highest BCUT2D eigenvalue weighted by molar-refractivity contribution is 5.90. The van der Waals surface area contributed by atoms with Gasteiger partial charge < -0.3 is 15.4 Å². The zero-order valence-electron chi connectivity index (χ0n) is 15.3. The molecule has 2 fully saturated rings. The molecule has 2 aliphatic rings. The highest BCUT2D eigenvalue weighted by Gasteiger charge is 2.31. The van der Waals surface area contributed by atoms with Crippen LogP contribution in [0.5, 0.6) is 0 Å². The van der Waals surface area contributed by atoms with Crippen LogP contribution in [-0.2, 0) is 14.3 Å². The van der Waals surface area contributed by atoms with Crippen LogP contribution in [0.15, 0.2) is 0 Å². The van der Waals surface area contributed by atoms with Gasteiger partial charge in [-0.3, -0.25) is 14.5 Å². The monoisotopic (exact) mass is 339 g/mol. The first kappa shape index (κ1) is 19.2. The van der Waals surface area contributed by atoms with Crippen molar-refractivity contribution in [2.45, 2.75) is 64.5 Å². The van der Waals surface area contributed by atoms with Crippen LogP contribution in [0.4, 0.5) is 0 Å². The Morgan fingerprint density at radius 2 is 2.00 bits per heavy atom. The minimum atomic E-state index is -0.498. The van der Waals surface area contributed by atoms with Crippen LogP contribution in [0.25, 0.3) is 0 Å². The van der Waals surface area contributed by atoms with Crippen molar-refractivity contribution in [2.75, 3.05) is 26.9 Å². The number of likely N-dealkylation sites (tertiary alicyclic amines) is 1. The van der Waals surface area contributed by atoms with E-state index < -0.39 is 6.04 Å². The number of ether oxygens (including phenoxy) is 1. The molecule has 1 aliphatic heterocycles. The summed E-state index contributed by atoms with van der Waals surface area (Å²) in [5.41, 5.74) is 0. The molecule has 3 atom stereocenters. The summed E-state index contributed by atoms with van der Waals surface area (Å²) >= 11 is 0. The van der Waals surface area contributed by atoms with Gasteiger partial charge in [0.15, 0.2) is 0 Å². The van der Waals surface area contributed by atoms with Crippen molar-refractivity contribution in [3.05, 3.63) is 0 Å². The number of hydrogen-bond donors (Lipinski definition) is 2. The smallest absolute Gasteiger partial charge is 0.244 e. The van der Waals surface area contributed by atoms with E-state index in [-0.39, 0.29) is 30.5 Å². The highest BCUT2D eigenvalue weighted by atomic mass is 16.5. The summed E-state index contributed by atoms with van der Waals surface area (Å²) in [4.78, 5) is 27.2. The number of carbonyl (C=O) groups excluding carboxylic acids is 2. The number of piperidine rings is 1. The Kier molecular flexibility index (Phi) is 7.49. The van der Waals surface area contributed by atoms with E-state index in [4.69, 9.17) is 4.74 Å². The average Bonchev–Trinajstić information content (AvgIpc) is 3.40. The molecule has 2 rings (SSSR count). The fraction of sp³-hybridized carbons (Fsp3) is 0.889. The molecular formula is C18H33N3O3. The summed E-state index contributed by atoms with van der Waals surface area (Å²) in [6.07, 6.45) is 6.36. The summed E-state index contributed by atoms with van der Waals surface area (Å²) in [6.45, 7) is 5.91. The Balaban J connectivity index is 1.83. The number of amides is 2. The van der Waals surface area contributed by atoms with Crippen molar-refractivity contribution >= 4 is 11.8 Å². The Bertz CT molecular complexity index is 426. The third kappa shape index (κ3) is 5.74. The van der Waals surface area contributed by atoms with Crippen molar-refractivity contribution in [1.82, 2.24) is 15.5 Å². The third-order valence-corrected chi connectivity index (χ3v) is 5.27. The molecule has 0 spiro atoms. The highest BCUT2D eigenvalue weighted by Crippen LogP contribution is 2.28. The molecule has 1 saturated heterocycles. The van der Waals surface area contributed by atoms with Crippen molar-refractivity contribution in [1.29, 1.82) is 0 Å². The first-order valence-corrected chi connectivity index (χ1v) is 9.39. The van der Waals surface area contributed by atoms with Gasteiger partial charge in [0.2, 0.25) is 11.8 Å². The minimum absolute atomic E-state index is 0.0310. The Morgan fingerprint density at radius 1 is 1.25 bits per heavy atom. The summed E-state index contributed by atoms with van der Waals surface area (Å²) < 4.78 is 5.48. The maximum Gasteiger partial charge on any atom is 0.244 e. The van der Waals surface area contributed by atoms with Gasteiger partial charge in [0.25, 0.3) is 0 Å². The van der Waals surface area contributed by atoms with Crippen molar-refractivity contribution in [3.8, 4) is 0 Å². The molecule has 2 amide bonds. The van der Waals surface area contributed by atoms with Gasteiger partial charge in [-0.2, -0.15) is 0 Å². The van der Waals surface area contributed by atoms with Crippen molar-refractivity contribution < 1.29 is 14.3 Å². The molecule has 0 bridgehead atoms. The number of carbonyl (C=O) groups is 2. The Hall–Kier alpha value is -1.14. The second kappa shape index (κ2) is 9.37. The molecule has 0 aromatic rings. The van der Waals surface area contributed by atoms with Gasteiger partial charge in [0, 0.05) is 0 Å². The number of nitrogens with one attached hydrogen (secondary N) is 2. The molecule has 1 aliphatic carbocycles. The summed E-state index contributed by atoms with van der Waals surface area (Å²) in [5.74, 6) is 0.587. The van der Waals surface area contributed by atoms with Crippen LogP contribution in [0.2, 0.25) is 0 Å². The maximum absolute atomic E-state index is 12.6. The van der Waals surface area contributed by atoms with Gasteiger partial charge in [-0.05, 0) is 51.1 Å². The number of nitrogens with zero attached hydrogens (tertiary/aromatic N) is 1. The maximum atomic E-state index is 12.6. The first-order chi connectivity index (χ1) is 11.5. The zero-order valence-corrected chi connectivity index (χ0v) is 15.3. The predicted molar refractivity (Wildman–Crippen MR) is 93.3 cm³/mol. The molecule has 138 valence electrons. The summed E-state index contributed by atoms with van der Waals surface area (Å²) in [5, 5.41) is 5.79. The molecule has 1 heterocycles. The molecule has 3 unspecified atom stereocenters. The molecule has 0 aromatic carbocycles. The van der Waals surface area contributed by atoms with Gasteiger partial charge in [0.1, 0.15) is 12.8 Å². The number of rotatable bonds is 9. The topological polar surface area (TPSA) is 70.7 Å². The Labute approximate surface area is 145 Å². The fourth-order valence-electron chi connectivity index (χ4n) is 3.10. The van der Waals surface area contributed by atoms with Gasteiger partial charge in [-0.15, -0.1) is 0 Å². The fourth-order valence-corrected chi connectivity index (χ4v) is 3.10. The largest absolute Gasteiger partial charge is 0.361 e. The molecule has 6 nitrogen and oxygen atoms in total. The van der Waals surface area contributed by atoms with Gasteiger partial charge in [0.05, 0.1) is 12.6 Å². The van der Waals surface area contributed by atoms with Crippen LogP contribution in [0.1, 0.15) is 52.4 Å². The van der Waals surface area contributed by atoms with E-state index in [2.05, 4.69) is 15.5 Å². The molecule has 0 aromatic heterocycles. The quantitative estimate of drug-likeness (QED) is 0.493. The molecule has 1 saturated carbocycles. The first-order valence-electron chi connectivity index (χ1n) is 9.39. The number of likely N-dealkylation sites (N-methyl/N-ethyl adjacent to an activating group) is 1. The SMILES string of the molecule is CCC(C)C(NC(=O)C1CCCCN1C)C(=O)NCOCC1CC1. The lowest BCUT2D eigenvalue weighted by molar-refractivity contribution is -0.134. The molecular weight excluding hydrogens is 306 g/mol.